The summed E-state index contributed by atoms with van der Waals surface area (Å²) in [6.45, 7) is 0.321. The molecule has 2 heterocycles. The van der Waals surface area contributed by atoms with Gasteiger partial charge in [-0.05, 0) is 6.92 Å². The average molecular weight is 462 g/mol. The van der Waals surface area contributed by atoms with Gasteiger partial charge in [0, 0.05) is 17.7 Å². The highest BCUT2D eigenvalue weighted by Gasteiger charge is 2.50. The molecule has 0 spiro atoms. The minimum Gasteiger partial charge on any atom is -0.496 e. The molecule has 2 aliphatic rings. The zero-order chi connectivity index (χ0) is 23.6. The number of aliphatic hydroxyl groups excluding tert-OH is 5. The first-order chi connectivity index (χ1) is 15.1. The van der Waals surface area contributed by atoms with Crippen molar-refractivity contribution in [3.8, 4) is 17.2 Å². The molecule has 0 aromatic heterocycles. The van der Waals surface area contributed by atoms with Crippen LogP contribution in [0.15, 0.2) is 12.1 Å². The Balaban J connectivity index is 1.69. The molecule has 2 aliphatic heterocycles. The van der Waals surface area contributed by atoms with Crippen LogP contribution in [0.1, 0.15) is 5.56 Å². The first kappa shape index (κ1) is 24.9. The van der Waals surface area contributed by atoms with Crippen molar-refractivity contribution in [2.75, 3.05) is 34.0 Å². The molecule has 0 radical (unpaired) electrons. The van der Waals surface area contributed by atoms with E-state index in [4.69, 9.17) is 28.4 Å². The molecule has 0 amide bonds. The van der Waals surface area contributed by atoms with Gasteiger partial charge >= 0.3 is 0 Å². The quantitative estimate of drug-likeness (QED) is 0.243. The molecule has 182 valence electrons. The molecule has 2 saturated heterocycles. The second-order valence-corrected chi connectivity index (χ2v) is 7.80. The highest BCUT2D eigenvalue weighted by molar-refractivity contribution is 5.49. The maximum Gasteiger partial charge on any atom is 0.229 e. The third-order valence-corrected chi connectivity index (χ3v) is 5.65. The van der Waals surface area contributed by atoms with Crippen molar-refractivity contribution in [2.24, 2.45) is 0 Å². The number of rotatable bonds is 8. The van der Waals surface area contributed by atoms with Gasteiger partial charge in [-0.1, -0.05) is 0 Å². The Labute approximate surface area is 184 Å². The minimum atomic E-state index is -1.87. The molecule has 12 nitrogen and oxygen atoms in total. The van der Waals surface area contributed by atoms with E-state index in [0.29, 0.717) is 11.5 Å². The van der Waals surface area contributed by atoms with Crippen molar-refractivity contribution in [3.63, 3.8) is 0 Å². The summed E-state index contributed by atoms with van der Waals surface area (Å²) < 4.78 is 32.4. The molecule has 1 aromatic carbocycles. The van der Waals surface area contributed by atoms with Crippen LogP contribution in [0.3, 0.4) is 0 Å². The number of methoxy groups -OCH3 is 2. The molecular formula is C20H30O12. The molecule has 3 rings (SSSR count). The SMILES string of the molecule is COc1cc(OC2OC(COC3OCC(O)(CO)C3O)C(O)C(O)C2O)cc(OC)c1C. The summed E-state index contributed by atoms with van der Waals surface area (Å²) in [6.07, 6.45) is -10.1. The predicted octanol–water partition coefficient (Wildman–Crippen LogP) is -2.34. The molecule has 0 aliphatic carbocycles. The zero-order valence-corrected chi connectivity index (χ0v) is 18.0. The predicted molar refractivity (Wildman–Crippen MR) is 105 cm³/mol. The summed E-state index contributed by atoms with van der Waals surface area (Å²) in [4.78, 5) is 0. The Hall–Kier alpha value is -1.74. The number of hydrogen-bond donors (Lipinski definition) is 6. The summed E-state index contributed by atoms with van der Waals surface area (Å²) in [5, 5.41) is 60.1. The molecular weight excluding hydrogens is 432 g/mol. The monoisotopic (exact) mass is 462 g/mol. The van der Waals surface area contributed by atoms with Gasteiger partial charge in [0.15, 0.2) is 6.29 Å². The lowest BCUT2D eigenvalue weighted by molar-refractivity contribution is -0.289. The van der Waals surface area contributed by atoms with Gasteiger partial charge in [-0.3, -0.25) is 0 Å². The van der Waals surface area contributed by atoms with Gasteiger partial charge in [-0.2, -0.15) is 0 Å². The van der Waals surface area contributed by atoms with Crippen LogP contribution in [0, 0.1) is 6.92 Å². The number of ether oxygens (including phenoxy) is 6. The van der Waals surface area contributed by atoms with Crippen molar-refractivity contribution < 1.29 is 59.1 Å². The maximum absolute atomic E-state index is 10.3. The number of aliphatic hydroxyl groups is 6. The second-order valence-electron chi connectivity index (χ2n) is 7.80. The third kappa shape index (κ3) is 4.78. The van der Waals surface area contributed by atoms with Crippen LogP contribution in [-0.4, -0.2) is 113 Å². The largest absolute Gasteiger partial charge is 0.496 e. The van der Waals surface area contributed by atoms with E-state index in [-0.39, 0.29) is 19.0 Å². The standard InChI is InChI=1S/C20H30O12/c1-9-11(27-2)4-10(5-12(9)28-3)31-18-16(24)15(23)14(22)13(32-18)6-29-19-17(25)20(26,7-21)8-30-19/h4-5,13-19,21-26H,6-8H2,1-3H3. The van der Waals surface area contributed by atoms with Crippen LogP contribution >= 0.6 is 0 Å². The Kier molecular flexibility index (Phi) is 7.81. The second kappa shape index (κ2) is 10.0. The van der Waals surface area contributed by atoms with E-state index < -0.39 is 55.3 Å². The van der Waals surface area contributed by atoms with E-state index in [1.54, 1.807) is 19.1 Å². The maximum atomic E-state index is 10.3. The fourth-order valence-electron chi connectivity index (χ4n) is 3.54. The topological polar surface area (TPSA) is 177 Å². The Morgan fingerprint density at radius 2 is 1.62 bits per heavy atom. The average Bonchev–Trinajstić information content (AvgIpc) is 3.08. The van der Waals surface area contributed by atoms with Gasteiger partial charge in [0.2, 0.25) is 6.29 Å². The van der Waals surface area contributed by atoms with Crippen LogP contribution in [0.2, 0.25) is 0 Å². The summed E-state index contributed by atoms with van der Waals surface area (Å²) in [6, 6.07) is 3.10. The highest BCUT2D eigenvalue weighted by atomic mass is 16.7. The molecule has 6 N–H and O–H groups in total. The molecule has 8 unspecified atom stereocenters. The smallest absolute Gasteiger partial charge is 0.229 e. The molecule has 2 fully saturated rings. The van der Waals surface area contributed by atoms with Crippen molar-refractivity contribution >= 4 is 0 Å². The van der Waals surface area contributed by atoms with Crippen LogP contribution in [0.4, 0.5) is 0 Å². The van der Waals surface area contributed by atoms with Gasteiger partial charge in [-0.15, -0.1) is 0 Å². The van der Waals surface area contributed by atoms with Gasteiger partial charge < -0.3 is 59.1 Å². The van der Waals surface area contributed by atoms with E-state index in [1.165, 1.54) is 14.2 Å². The van der Waals surface area contributed by atoms with Crippen LogP contribution in [0.25, 0.3) is 0 Å². The Bertz CT molecular complexity index is 750. The molecule has 0 saturated carbocycles. The van der Waals surface area contributed by atoms with Crippen molar-refractivity contribution in [1.29, 1.82) is 0 Å². The molecule has 12 heteroatoms. The van der Waals surface area contributed by atoms with E-state index in [9.17, 15) is 30.6 Å². The number of hydrogen-bond acceptors (Lipinski definition) is 12. The minimum absolute atomic E-state index is 0.221. The summed E-state index contributed by atoms with van der Waals surface area (Å²) in [5.41, 5.74) is -1.14. The van der Waals surface area contributed by atoms with Crippen molar-refractivity contribution in [1.82, 2.24) is 0 Å². The first-order valence-corrected chi connectivity index (χ1v) is 9.98. The lowest BCUT2D eigenvalue weighted by Gasteiger charge is -2.40. The van der Waals surface area contributed by atoms with Crippen LogP contribution in [-0.2, 0) is 14.2 Å². The van der Waals surface area contributed by atoms with E-state index in [0.717, 1.165) is 5.56 Å². The van der Waals surface area contributed by atoms with Crippen molar-refractivity contribution in [3.05, 3.63) is 17.7 Å². The molecule has 8 atom stereocenters. The van der Waals surface area contributed by atoms with Crippen LogP contribution < -0.4 is 14.2 Å². The lowest BCUT2D eigenvalue weighted by Crippen LogP contribution is -2.60. The first-order valence-electron chi connectivity index (χ1n) is 9.98. The molecule has 0 bridgehead atoms. The normalized spacial score (nSPS) is 37.3. The lowest BCUT2D eigenvalue weighted by atomic mass is 9.99. The Morgan fingerprint density at radius 1 is 1.00 bits per heavy atom. The molecule has 32 heavy (non-hydrogen) atoms. The fourth-order valence-corrected chi connectivity index (χ4v) is 3.54. The number of benzene rings is 1. The summed E-state index contributed by atoms with van der Waals surface area (Å²) in [5.74, 6) is 1.15. The third-order valence-electron chi connectivity index (χ3n) is 5.65. The van der Waals surface area contributed by atoms with E-state index >= 15 is 0 Å². The van der Waals surface area contributed by atoms with E-state index in [2.05, 4.69) is 0 Å². The van der Waals surface area contributed by atoms with Gasteiger partial charge in [0.1, 0.15) is 53.4 Å². The summed E-state index contributed by atoms with van der Waals surface area (Å²) in [7, 11) is 2.95. The van der Waals surface area contributed by atoms with Crippen LogP contribution in [0.5, 0.6) is 17.2 Å². The summed E-state index contributed by atoms with van der Waals surface area (Å²) >= 11 is 0. The zero-order valence-electron chi connectivity index (χ0n) is 18.0. The van der Waals surface area contributed by atoms with Gasteiger partial charge in [0.05, 0.1) is 34.0 Å². The molecule has 1 aromatic rings. The van der Waals surface area contributed by atoms with Crippen molar-refractivity contribution in [2.45, 2.75) is 55.6 Å². The van der Waals surface area contributed by atoms with Gasteiger partial charge in [-0.25, -0.2) is 0 Å². The van der Waals surface area contributed by atoms with Gasteiger partial charge in [0.25, 0.3) is 0 Å². The van der Waals surface area contributed by atoms with E-state index in [1.807, 2.05) is 0 Å². The highest BCUT2D eigenvalue weighted by Crippen LogP contribution is 2.35. The Morgan fingerprint density at radius 3 is 2.16 bits per heavy atom. The fraction of sp³-hybridized carbons (Fsp3) is 0.700.